The molecule has 0 saturated heterocycles. The van der Waals surface area contributed by atoms with Crippen LogP contribution >= 0.6 is 11.8 Å². The van der Waals surface area contributed by atoms with Crippen LogP contribution in [0.4, 0.5) is 4.79 Å². The largest absolute Gasteiger partial charge is 0.550 e. The van der Waals surface area contributed by atoms with Gasteiger partial charge in [0.15, 0.2) is 0 Å². The first-order valence-electron chi connectivity index (χ1n) is 9.16. The summed E-state index contributed by atoms with van der Waals surface area (Å²) in [6.45, 7) is 6.90. The second-order valence-corrected chi connectivity index (χ2v) is 8.88. The van der Waals surface area contributed by atoms with Crippen LogP contribution in [0, 0.1) is 5.92 Å². The summed E-state index contributed by atoms with van der Waals surface area (Å²) in [7, 11) is 0. The van der Waals surface area contributed by atoms with Crippen LogP contribution in [0.25, 0.3) is 11.1 Å². The lowest BCUT2D eigenvalue weighted by Crippen LogP contribution is -2.40. The Morgan fingerprint density at radius 2 is 1.61 bits per heavy atom. The Kier molecular flexibility index (Phi) is 7.52. The fourth-order valence-corrected chi connectivity index (χ4v) is 3.68. The molecule has 2 aromatic rings. The van der Waals surface area contributed by atoms with Crippen molar-refractivity contribution in [3.63, 3.8) is 0 Å². The van der Waals surface area contributed by atoms with Crippen molar-refractivity contribution in [1.29, 1.82) is 0 Å². The molecule has 0 saturated carbocycles. The topological polar surface area (TPSA) is 78.5 Å². The highest BCUT2D eigenvalue weighted by atomic mass is 32.2. The molecular weight excluding hydrogens is 374 g/mol. The summed E-state index contributed by atoms with van der Waals surface area (Å²) >= 11 is 1.39. The molecule has 0 fully saturated rings. The molecule has 0 radical (unpaired) electrons. The van der Waals surface area contributed by atoms with Crippen molar-refractivity contribution in [2.24, 2.45) is 5.92 Å². The number of nitrogens with one attached hydrogen (secondary N) is 1. The molecular formula is C22H26NO4S-. The Labute approximate surface area is 170 Å². The molecule has 28 heavy (non-hydrogen) atoms. The standard InChI is InChI=1S/C22H27NO4S/c1-15(20(24)25)14-19(23-21(26)27-22(2,3)4)28-18-12-10-17(11-13-18)16-8-6-5-7-9-16/h5-13,15,19H,14H2,1-4H3,(H,23,26)(H,24,25)/p-1/t15-,19?/m1/s1. The lowest BCUT2D eigenvalue weighted by molar-refractivity contribution is -0.311. The molecule has 2 aromatic carbocycles. The van der Waals surface area contributed by atoms with E-state index in [1.807, 2.05) is 54.6 Å². The zero-order valence-corrected chi connectivity index (χ0v) is 17.4. The normalized spacial score (nSPS) is 13.4. The van der Waals surface area contributed by atoms with Gasteiger partial charge in [-0.05, 0) is 56.4 Å². The van der Waals surface area contributed by atoms with Crippen LogP contribution in [0.1, 0.15) is 34.1 Å². The summed E-state index contributed by atoms with van der Waals surface area (Å²) in [5.74, 6) is -1.84. The Morgan fingerprint density at radius 1 is 1.04 bits per heavy atom. The van der Waals surface area contributed by atoms with E-state index < -0.39 is 29.0 Å². The fourth-order valence-electron chi connectivity index (χ4n) is 2.51. The molecule has 5 nitrogen and oxygen atoms in total. The van der Waals surface area contributed by atoms with Crippen molar-refractivity contribution in [1.82, 2.24) is 5.32 Å². The van der Waals surface area contributed by atoms with Gasteiger partial charge < -0.3 is 20.0 Å². The Morgan fingerprint density at radius 3 is 2.14 bits per heavy atom. The summed E-state index contributed by atoms with van der Waals surface area (Å²) in [6, 6.07) is 17.9. The van der Waals surface area contributed by atoms with Gasteiger partial charge >= 0.3 is 6.09 Å². The van der Waals surface area contributed by atoms with Crippen molar-refractivity contribution >= 4 is 23.8 Å². The minimum Gasteiger partial charge on any atom is -0.550 e. The molecule has 0 heterocycles. The third-order valence-electron chi connectivity index (χ3n) is 3.89. The number of carbonyl (C=O) groups is 2. The van der Waals surface area contributed by atoms with Crippen molar-refractivity contribution in [3.8, 4) is 11.1 Å². The summed E-state index contributed by atoms with van der Waals surface area (Å²) < 4.78 is 5.30. The van der Waals surface area contributed by atoms with E-state index in [-0.39, 0.29) is 6.42 Å². The molecule has 1 unspecified atom stereocenters. The molecule has 2 rings (SSSR count). The first-order valence-corrected chi connectivity index (χ1v) is 10.0. The Balaban J connectivity index is 2.10. The predicted molar refractivity (Wildman–Crippen MR) is 110 cm³/mol. The van der Waals surface area contributed by atoms with E-state index in [0.717, 1.165) is 16.0 Å². The maximum atomic E-state index is 12.1. The second-order valence-electron chi connectivity index (χ2n) is 7.60. The number of benzene rings is 2. The summed E-state index contributed by atoms with van der Waals surface area (Å²) in [5.41, 5.74) is 1.58. The zero-order chi connectivity index (χ0) is 20.7. The number of hydrogen-bond donors (Lipinski definition) is 1. The van der Waals surface area contributed by atoms with Gasteiger partial charge in [0.25, 0.3) is 0 Å². The Hall–Kier alpha value is -2.47. The van der Waals surface area contributed by atoms with Gasteiger partial charge in [0.2, 0.25) is 0 Å². The number of aliphatic carboxylic acids is 1. The van der Waals surface area contributed by atoms with E-state index in [2.05, 4.69) is 5.32 Å². The molecule has 0 aliphatic carbocycles. The van der Waals surface area contributed by atoms with Crippen molar-refractivity contribution < 1.29 is 19.4 Å². The number of hydrogen-bond acceptors (Lipinski definition) is 5. The second kappa shape index (κ2) is 9.64. The highest BCUT2D eigenvalue weighted by molar-refractivity contribution is 8.00. The summed E-state index contributed by atoms with van der Waals surface area (Å²) in [5, 5.41) is 13.5. The van der Waals surface area contributed by atoms with Crippen LogP contribution in [0.5, 0.6) is 0 Å². The van der Waals surface area contributed by atoms with Crippen molar-refractivity contribution in [2.45, 2.75) is 50.0 Å². The number of amides is 1. The molecule has 2 atom stereocenters. The van der Waals surface area contributed by atoms with Crippen LogP contribution in [0.2, 0.25) is 0 Å². The molecule has 0 aliphatic rings. The number of carboxylic acid groups (broad SMARTS) is 1. The molecule has 0 aliphatic heterocycles. The van der Waals surface area contributed by atoms with Gasteiger partial charge in [-0.1, -0.05) is 49.4 Å². The lowest BCUT2D eigenvalue weighted by Gasteiger charge is -2.25. The average molecular weight is 401 g/mol. The molecule has 6 heteroatoms. The van der Waals surface area contributed by atoms with E-state index in [4.69, 9.17) is 4.74 Å². The fraction of sp³-hybridized carbons (Fsp3) is 0.364. The quantitative estimate of drug-likeness (QED) is 0.560. The molecule has 150 valence electrons. The minimum absolute atomic E-state index is 0.229. The highest BCUT2D eigenvalue weighted by Crippen LogP contribution is 2.29. The number of rotatable bonds is 7. The van der Waals surface area contributed by atoms with Crippen LogP contribution in [-0.4, -0.2) is 23.0 Å². The minimum atomic E-state index is -1.14. The summed E-state index contributed by atoms with van der Waals surface area (Å²) in [6.07, 6.45) is -0.344. The molecule has 0 spiro atoms. The zero-order valence-electron chi connectivity index (χ0n) is 16.6. The maximum Gasteiger partial charge on any atom is 0.408 e. The van der Waals surface area contributed by atoms with Crippen molar-refractivity contribution in [2.75, 3.05) is 0 Å². The van der Waals surface area contributed by atoms with Gasteiger partial charge in [-0.2, -0.15) is 0 Å². The third kappa shape index (κ3) is 7.27. The summed E-state index contributed by atoms with van der Waals surface area (Å²) in [4.78, 5) is 24.2. The van der Waals surface area contributed by atoms with E-state index in [0.29, 0.717) is 0 Å². The van der Waals surface area contributed by atoms with E-state index >= 15 is 0 Å². The first kappa shape index (κ1) is 21.8. The SMILES string of the molecule is C[C@H](CC(NC(=O)OC(C)(C)C)Sc1ccc(-c2ccccc2)cc1)C(=O)[O-]. The number of carbonyl (C=O) groups excluding carboxylic acids is 2. The number of ether oxygens (including phenoxy) is 1. The maximum absolute atomic E-state index is 12.1. The van der Waals surface area contributed by atoms with Crippen LogP contribution in [-0.2, 0) is 9.53 Å². The smallest absolute Gasteiger partial charge is 0.408 e. The van der Waals surface area contributed by atoms with E-state index in [1.54, 1.807) is 27.7 Å². The first-order chi connectivity index (χ1) is 13.1. The number of alkyl carbamates (subject to hydrolysis) is 1. The predicted octanol–water partition coefficient (Wildman–Crippen LogP) is 4.07. The monoisotopic (exact) mass is 400 g/mol. The van der Waals surface area contributed by atoms with E-state index in [1.165, 1.54) is 11.8 Å². The average Bonchev–Trinajstić information content (AvgIpc) is 2.61. The van der Waals surface area contributed by atoms with Gasteiger partial charge in [0.1, 0.15) is 5.60 Å². The van der Waals surface area contributed by atoms with Crippen LogP contribution < -0.4 is 10.4 Å². The van der Waals surface area contributed by atoms with Gasteiger partial charge in [-0.3, -0.25) is 0 Å². The van der Waals surface area contributed by atoms with Crippen LogP contribution in [0.15, 0.2) is 59.5 Å². The van der Waals surface area contributed by atoms with E-state index in [9.17, 15) is 14.7 Å². The van der Waals surface area contributed by atoms with Gasteiger partial charge in [0.05, 0.1) is 5.37 Å². The Bertz CT molecular complexity index is 784. The molecule has 0 bridgehead atoms. The molecule has 1 amide bonds. The number of carboxylic acids is 1. The number of thioether (sulfide) groups is 1. The van der Waals surface area contributed by atoms with Crippen molar-refractivity contribution in [3.05, 3.63) is 54.6 Å². The lowest BCUT2D eigenvalue weighted by atomic mass is 10.1. The highest BCUT2D eigenvalue weighted by Gasteiger charge is 2.22. The molecule has 0 aromatic heterocycles. The van der Waals surface area contributed by atoms with Gasteiger partial charge in [0, 0.05) is 10.9 Å². The van der Waals surface area contributed by atoms with Crippen LogP contribution in [0.3, 0.4) is 0 Å². The van der Waals surface area contributed by atoms with Gasteiger partial charge in [-0.15, -0.1) is 11.8 Å². The third-order valence-corrected chi connectivity index (χ3v) is 5.03. The van der Waals surface area contributed by atoms with Gasteiger partial charge in [-0.25, -0.2) is 4.79 Å². The molecule has 1 N–H and O–H groups in total.